The van der Waals surface area contributed by atoms with Crippen LogP contribution in [0.5, 0.6) is 5.75 Å². The molecule has 0 aromatic heterocycles. The summed E-state index contributed by atoms with van der Waals surface area (Å²) in [6.07, 6.45) is 1.66. The van der Waals surface area contributed by atoms with Crippen LogP contribution in [0.4, 0.5) is 0 Å². The molecule has 0 spiro atoms. The highest BCUT2D eigenvalue weighted by Crippen LogP contribution is 2.26. The maximum absolute atomic E-state index is 9.52. The predicted molar refractivity (Wildman–Crippen MR) is 85.6 cm³/mol. The molecule has 2 nitrogen and oxygen atoms in total. The van der Waals surface area contributed by atoms with Crippen molar-refractivity contribution in [2.24, 2.45) is 0 Å². The number of hydrogen-bond donors (Lipinski definition) is 0. The number of methoxy groups -OCH3 is 1. The Morgan fingerprint density at radius 3 is 2.57 bits per heavy atom. The molecule has 2 aromatic rings. The first-order chi connectivity index (χ1) is 10.2. The molecule has 2 aromatic carbocycles. The molecular weight excluding hydrogens is 258 g/mol. The molecule has 2 rings (SSSR count). The lowest BCUT2D eigenvalue weighted by Crippen LogP contribution is -2.03. The van der Waals surface area contributed by atoms with E-state index < -0.39 is 0 Å². The Kier molecular flexibility index (Phi) is 5.00. The fraction of sp³-hybridized carbons (Fsp3) is 0.316. The van der Waals surface area contributed by atoms with Crippen LogP contribution in [0.15, 0.2) is 42.5 Å². The molecule has 0 amide bonds. The number of aryl methyl sites for hydroxylation is 2. The Labute approximate surface area is 127 Å². The highest BCUT2D eigenvalue weighted by molar-refractivity contribution is 5.40. The largest absolute Gasteiger partial charge is 0.496 e. The topological polar surface area (TPSA) is 33.0 Å². The van der Waals surface area contributed by atoms with Gasteiger partial charge in [-0.2, -0.15) is 5.26 Å². The van der Waals surface area contributed by atoms with Gasteiger partial charge in [0.2, 0.25) is 0 Å². The standard InChI is InChI=1S/C19H21NO/c1-4-16-11-15(9-10-19(16)21-3)12-17(13-20)18-8-6-5-7-14(18)2/h5-11,17H,4,12H2,1-3H3. The Morgan fingerprint density at radius 1 is 1.19 bits per heavy atom. The van der Waals surface area contributed by atoms with Crippen molar-refractivity contribution in [3.8, 4) is 11.8 Å². The third-order valence-corrected chi connectivity index (χ3v) is 3.89. The predicted octanol–water partition coefficient (Wildman–Crippen LogP) is 4.42. The van der Waals surface area contributed by atoms with E-state index in [-0.39, 0.29) is 5.92 Å². The van der Waals surface area contributed by atoms with Crippen molar-refractivity contribution in [3.63, 3.8) is 0 Å². The molecule has 0 heterocycles. The number of nitrogens with zero attached hydrogens (tertiary/aromatic N) is 1. The summed E-state index contributed by atoms with van der Waals surface area (Å²) < 4.78 is 5.36. The average Bonchev–Trinajstić information content (AvgIpc) is 2.53. The van der Waals surface area contributed by atoms with Crippen molar-refractivity contribution in [1.82, 2.24) is 0 Å². The van der Waals surface area contributed by atoms with Crippen LogP contribution >= 0.6 is 0 Å². The van der Waals surface area contributed by atoms with E-state index in [4.69, 9.17) is 4.74 Å². The van der Waals surface area contributed by atoms with Gasteiger partial charge in [0.1, 0.15) is 5.75 Å². The molecule has 0 saturated carbocycles. The van der Waals surface area contributed by atoms with Gasteiger partial charge in [0, 0.05) is 0 Å². The minimum atomic E-state index is -0.107. The van der Waals surface area contributed by atoms with Gasteiger partial charge in [-0.15, -0.1) is 0 Å². The smallest absolute Gasteiger partial charge is 0.122 e. The average molecular weight is 279 g/mol. The van der Waals surface area contributed by atoms with E-state index in [9.17, 15) is 5.26 Å². The van der Waals surface area contributed by atoms with E-state index in [1.807, 2.05) is 24.3 Å². The van der Waals surface area contributed by atoms with Crippen LogP contribution < -0.4 is 4.74 Å². The molecule has 0 aliphatic heterocycles. The fourth-order valence-electron chi connectivity index (χ4n) is 2.67. The summed E-state index contributed by atoms with van der Waals surface area (Å²) in [4.78, 5) is 0. The second-order valence-corrected chi connectivity index (χ2v) is 5.24. The monoisotopic (exact) mass is 279 g/mol. The molecule has 0 N–H and O–H groups in total. The van der Waals surface area contributed by atoms with Crippen LogP contribution in [0.2, 0.25) is 0 Å². The van der Waals surface area contributed by atoms with Gasteiger partial charge in [0.25, 0.3) is 0 Å². The van der Waals surface area contributed by atoms with Crippen LogP contribution in [0, 0.1) is 18.3 Å². The summed E-state index contributed by atoms with van der Waals surface area (Å²) in [5.41, 5.74) is 4.67. The number of rotatable bonds is 5. The van der Waals surface area contributed by atoms with Crippen molar-refractivity contribution in [1.29, 1.82) is 5.26 Å². The van der Waals surface area contributed by atoms with Gasteiger partial charge in [-0.25, -0.2) is 0 Å². The van der Waals surface area contributed by atoms with Gasteiger partial charge < -0.3 is 4.74 Å². The summed E-state index contributed by atoms with van der Waals surface area (Å²) in [6, 6.07) is 16.8. The van der Waals surface area contributed by atoms with Crippen LogP contribution in [-0.4, -0.2) is 7.11 Å². The fourth-order valence-corrected chi connectivity index (χ4v) is 2.67. The van der Waals surface area contributed by atoms with E-state index >= 15 is 0 Å². The molecule has 1 unspecified atom stereocenters. The van der Waals surface area contributed by atoms with Crippen molar-refractivity contribution in [3.05, 3.63) is 64.7 Å². The highest BCUT2D eigenvalue weighted by atomic mass is 16.5. The molecule has 0 aliphatic carbocycles. The molecule has 1 atom stereocenters. The number of benzene rings is 2. The van der Waals surface area contributed by atoms with E-state index in [2.05, 4.69) is 38.1 Å². The van der Waals surface area contributed by atoms with Gasteiger partial charge in [-0.1, -0.05) is 43.3 Å². The van der Waals surface area contributed by atoms with Gasteiger partial charge in [0.05, 0.1) is 19.1 Å². The molecule has 108 valence electrons. The molecule has 21 heavy (non-hydrogen) atoms. The van der Waals surface area contributed by atoms with E-state index in [1.165, 1.54) is 16.7 Å². The van der Waals surface area contributed by atoms with Gasteiger partial charge >= 0.3 is 0 Å². The van der Waals surface area contributed by atoms with Gasteiger partial charge in [-0.05, 0) is 48.1 Å². The maximum atomic E-state index is 9.52. The van der Waals surface area contributed by atoms with Crippen LogP contribution in [-0.2, 0) is 12.8 Å². The maximum Gasteiger partial charge on any atom is 0.122 e. The molecule has 0 fully saturated rings. The van der Waals surface area contributed by atoms with Crippen molar-refractivity contribution in [2.45, 2.75) is 32.6 Å². The Balaban J connectivity index is 2.28. The zero-order valence-corrected chi connectivity index (χ0v) is 12.9. The Bertz CT molecular complexity index is 655. The molecular formula is C19H21NO. The lowest BCUT2D eigenvalue weighted by molar-refractivity contribution is 0.410. The minimum absolute atomic E-state index is 0.107. The first kappa shape index (κ1) is 15.1. The van der Waals surface area contributed by atoms with E-state index in [0.29, 0.717) is 0 Å². The Hall–Kier alpha value is -2.27. The summed E-state index contributed by atoms with van der Waals surface area (Å²) in [5, 5.41) is 9.52. The van der Waals surface area contributed by atoms with Crippen LogP contribution in [0.1, 0.15) is 35.1 Å². The second kappa shape index (κ2) is 6.95. The summed E-state index contributed by atoms with van der Waals surface area (Å²) in [7, 11) is 1.69. The third kappa shape index (κ3) is 3.44. The number of hydrogen-bond acceptors (Lipinski definition) is 2. The highest BCUT2D eigenvalue weighted by Gasteiger charge is 2.14. The van der Waals surface area contributed by atoms with Crippen LogP contribution in [0.3, 0.4) is 0 Å². The first-order valence-corrected chi connectivity index (χ1v) is 7.30. The van der Waals surface area contributed by atoms with Gasteiger partial charge in [-0.3, -0.25) is 0 Å². The normalized spacial score (nSPS) is 11.7. The van der Waals surface area contributed by atoms with Crippen molar-refractivity contribution >= 4 is 0 Å². The molecule has 0 saturated heterocycles. The number of ether oxygens (including phenoxy) is 1. The second-order valence-electron chi connectivity index (χ2n) is 5.24. The zero-order chi connectivity index (χ0) is 15.2. The van der Waals surface area contributed by atoms with Crippen molar-refractivity contribution < 1.29 is 4.74 Å². The Morgan fingerprint density at radius 2 is 1.95 bits per heavy atom. The SMILES string of the molecule is CCc1cc(CC(C#N)c2ccccc2C)ccc1OC. The molecule has 0 radical (unpaired) electrons. The van der Waals surface area contributed by atoms with E-state index in [1.54, 1.807) is 7.11 Å². The molecule has 0 aliphatic rings. The molecule has 2 heteroatoms. The summed E-state index contributed by atoms with van der Waals surface area (Å²) >= 11 is 0. The quantitative estimate of drug-likeness (QED) is 0.812. The lowest BCUT2D eigenvalue weighted by atomic mass is 9.89. The molecule has 0 bridgehead atoms. The summed E-state index contributed by atoms with van der Waals surface area (Å²) in [6.45, 7) is 4.18. The van der Waals surface area contributed by atoms with Crippen LogP contribution in [0.25, 0.3) is 0 Å². The summed E-state index contributed by atoms with van der Waals surface area (Å²) in [5.74, 6) is 0.815. The third-order valence-electron chi connectivity index (χ3n) is 3.89. The minimum Gasteiger partial charge on any atom is -0.496 e. The number of nitriles is 1. The van der Waals surface area contributed by atoms with Gasteiger partial charge in [0.15, 0.2) is 0 Å². The lowest BCUT2D eigenvalue weighted by Gasteiger charge is -2.14. The zero-order valence-electron chi connectivity index (χ0n) is 12.9. The first-order valence-electron chi connectivity index (χ1n) is 7.30. The van der Waals surface area contributed by atoms with E-state index in [0.717, 1.165) is 24.2 Å². The van der Waals surface area contributed by atoms with Crippen molar-refractivity contribution in [2.75, 3.05) is 7.11 Å².